The average molecular weight is 353 g/mol. The zero-order valence-corrected chi connectivity index (χ0v) is 16.4. The molecule has 3 heterocycles. The Hall–Kier alpha value is -0.175. The summed E-state index contributed by atoms with van der Waals surface area (Å²) in [6.45, 7) is 6.02. The molecule has 0 aliphatic carbocycles. The van der Waals surface area contributed by atoms with Crippen LogP contribution in [0.2, 0.25) is 0 Å². The molecule has 0 N–H and O–H groups in total. The van der Waals surface area contributed by atoms with Crippen molar-refractivity contribution in [3.63, 3.8) is 0 Å². The van der Waals surface area contributed by atoms with Gasteiger partial charge in [-0.25, -0.2) is 0 Å². The van der Waals surface area contributed by atoms with E-state index < -0.39 is 0 Å². The predicted molar refractivity (Wildman–Crippen MR) is 101 cm³/mol. The van der Waals surface area contributed by atoms with Gasteiger partial charge in [-0.1, -0.05) is 0 Å². The van der Waals surface area contributed by atoms with Gasteiger partial charge in [0.25, 0.3) is 0 Å². The number of ether oxygens (including phenoxy) is 3. The molecular formula is C18H36BN3O3. The topological polar surface area (TPSA) is 37.4 Å². The van der Waals surface area contributed by atoms with Crippen molar-refractivity contribution in [3.8, 4) is 0 Å². The van der Waals surface area contributed by atoms with E-state index in [-0.39, 0.29) is 0 Å². The standard InChI is InChI=1S/C18H36BN3O3/c1-23-13-16-7-4-10-20(16)19(21-11-5-8-17(21)14-24-2)22-12-6-9-18(22)15-25-3/h16-18H,4-15H2,1-3H3. The van der Waals surface area contributed by atoms with E-state index in [1.54, 1.807) is 0 Å². The highest BCUT2D eigenvalue weighted by Gasteiger charge is 2.48. The van der Waals surface area contributed by atoms with Crippen LogP contribution < -0.4 is 0 Å². The highest BCUT2D eigenvalue weighted by atomic mass is 16.5. The summed E-state index contributed by atoms with van der Waals surface area (Å²) in [5.41, 5.74) is 0. The molecule has 7 heteroatoms. The van der Waals surface area contributed by atoms with Crippen molar-refractivity contribution in [2.45, 2.75) is 56.7 Å². The van der Waals surface area contributed by atoms with Gasteiger partial charge in [-0.15, -0.1) is 0 Å². The van der Waals surface area contributed by atoms with Crippen LogP contribution in [0.5, 0.6) is 0 Å². The van der Waals surface area contributed by atoms with Crippen molar-refractivity contribution < 1.29 is 14.2 Å². The fraction of sp³-hybridized carbons (Fsp3) is 1.00. The van der Waals surface area contributed by atoms with Crippen LogP contribution in [0.25, 0.3) is 0 Å². The molecule has 3 saturated heterocycles. The molecule has 3 unspecified atom stereocenters. The molecule has 3 atom stereocenters. The van der Waals surface area contributed by atoms with E-state index in [0.717, 1.165) is 19.8 Å². The van der Waals surface area contributed by atoms with Gasteiger partial charge in [0.1, 0.15) is 0 Å². The Bertz CT molecular complexity index is 347. The summed E-state index contributed by atoms with van der Waals surface area (Å²) in [6, 6.07) is 1.59. The van der Waals surface area contributed by atoms with Gasteiger partial charge in [0.2, 0.25) is 0 Å². The van der Waals surface area contributed by atoms with Crippen molar-refractivity contribution in [2.24, 2.45) is 0 Å². The Labute approximate surface area is 153 Å². The Morgan fingerprint density at radius 2 is 0.960 bits per heavy atom. The van der Waals surface area contributed by atoms with Crippen molar-refractivity contribution in [1.29, 1.82) is 0 Å². The lowest BCUT2D eigenvalue weighted by molar-refractivity contribution is 0.104. The van der Waals surface area contributed by atoms with E-state index in [9.17, 15) is 0 Å². The van der Waals surface area contributed by atoms with E-state index in [0.29, 0.717) is 25.2 Å². The summed E-state index contributed by atoms with van der Waals surface area (Å²) in [7, 11) is 5.86. The second kappa shape index (κ2) is 9.67. The molecule has 6 nitrogen and oxygen atoms in total. The van der Waals surface area contributed by atoms with Crippen molar-refractivity contribution in [2.75, 3.05) is 60.8 Å². The number of nitrogens with zero attached hydrogens (tertiary/aromatic N) is 3. The molecule has 25 heavy (non-hydrogen) atoms. The Morgan fingerprint density at radius 1 is 0.640 bits per heavy atom. The van der Waals surface area contributed by atoms with Gasteiger partial charge in [0.15, 0.2) is 0 Å². The average Bonchev–Trinajstić information content (AvgIpc) is 3.33. The first kappa shape index (κ1) is 19.6. The fourth-order valence-corrected chi connectivity index (χ4v) is 5.17. The molecule has 0 aromatic heterocycles. The third-order valence-corrected chi connectivity index (χ3v) is 6.24. The molecule has 3 rings (SSSR count). The predicted octanol–water partition coefficient (Wildman–Crippen LogP) is 1.30. The third-order valence-electron chi connectivity index (χ3n) is 6.24. The molecule has 0 aromatic carbocycles. The summed E-state index contributed by atoms with van der Waals surface area (Å²) in [5.74, 6) is 0. The minimum Gasteiger partial charge on any atom is -0.383 e. The van der Waals surface area contributed by atoms with E-state index >= 15 is 0 Å². The molecule has 0 spiro atoms. The fourth-order valence-electron chi connectivity index (χ4n) is 5.17. The molecule has 0 saturated carbocycles. The van der Waals surface area contributed by atoms with Crippen LogP contribution in [-0.2, 0) is 14.2 Å². The van der Waals surface area contributed by atoms with E-state index in [4.69, 9.17) is 14.2 Å². The van der Waals surface area contributed by atoms with E-state index in [1.807, 2.05) is 21.3 Å². The van der Waals surface area contributed by atoms with E-state index in [1.165, 1.54) is 58.2 Å². The monoisotopic (exact) mass is 353 g/mol. The molecule has 0 bridgehead atoms. The summed E-state index contributed by atoms with van der Waals surface area (Å²) in [5, 5.41) is 0. The molecule has 0 aromatic rings. The van der Waals surface area contributed by atoms with Crippen LogP contribution in [0, 0.1) is 0 Å². The molecule has 3 fully saturated rings. The van der Waals surface area contributed by atoms with Crippen LogP contribution in [-0.4, -0.2) is 100 Å². The lowest BCUT2D eigenvalue weighted by Gasteiger charge is -2.44. The second-order valence-electron chi connectivity index (χ2n) is 7.81. The number of hydrogen-bond acceptors (Lipinski definition) is 6. The SMILES string of the molecule is COCC1CCCN1B(N1CCCC1COC)N1CCCC1COC. The van der Waals surface area contributed by atoms with Gasteiger partial charge in [-0.2, -0.15) is 0 Å². The first-order chi connectivity index (χ1) is 12.3. The Morgan fingerprint density at radius 3 is 1.24 bits per heavy atom. The largest absolute Gasteiger partial charge is 0.404 e. The van der Waals surface area contributed by atoms with Crippen molar-refractivity contribution in [1.82, 2.24) is 14.4 Å². The van der Waals surface area contributed by atoms with Crippen LogP contribution in [0.4, 0.5) is 0 Å². The first-order valence-electron chi connectivity index (χ1n) is 10.0. The summed E-state index contributed by atoms with van der Waals surface area (Å²) in [6.07, 6.45) is 7.56. The lowest BCUT2D eigenvalue weighted by Crippen LogP contribution is -2.67. The maximum Gasteiger partial charge on any atom is 0.404 e. The minimum atomic E-state index is 0.368. The molecule has 3 aliphatic heterocycles. The summed E-state index contributed by atoms with van der Waals surface area (Å²) >= 11 is 0. The number of methoxy groups -OCH3 is 3. The van der Waals surface area contributed by atoms with Gasteiger partial charge in [-0.3, -0.25) is 0 Å². The quantitative estimate of drug-likeness (QED) is 0.582. The van der Waals surface area contributed by atoms with Crippen LogP contribution in [0.3, 0.4) is 0 Å². The summed E-state index contributed by atoms with van der Waals surface area (Å²) in [4.78, 5) is 8.14. The first-order valence-corrected chi connectivity index (χ1v) is 10.0. The Balaban J connectivity index is 1.82. The van der Waals surface area contributed by atoms with Crippen LogP contribution >= 0.6 is 0 Å². The molecule has 0 radical (unpaired) electrons. The van der Waals surface area contributed by atoms with Gasteiger partial charge < -0.3 is 28.6 Å². The zero-order valence-electron chi connectivity index (χ0n) is 16.4. The van der Waals surface area contributed by atoms with Gasteiger partial charge >= 0.3 is 7.12 Å². The molecule has 144 valence electrons. The number of hydrogen-bond donors (Lipinski definition) is 0. The van der Waals surface area contributed by atoms with Gasteiger partial charge in [0.05, 0.1) is 19.8 Å². The smallest absolute Gasteiger partial charge is 0.383 e. The van der Waals surface area contributed by atoms with Crippen molar-refractivity contribution in [3.05, 3.63) is 0 Å². The minimum absolute atomic E-state index is 0.368. The second-order valence-corrected chi connectivity index (χ2v) is 7.81. The number of rotatable bonds is 9. The lowest BCUT2D eigenvalue weighted by atomic mass is 9.80. The highest BCUT2D eigenvalue weighted by Crippen LogP contribution is 2.31. The maximum atomic E-state index is 5.55. The maximum absolute atomic E-state index is 5.55. The van der Waals surface area contributed by atoms with Gasteiger partial charge in [0, 0.05) is 39.5 Å². The Kier molecular flexibility index (Phi) is 7.58. The normalized spacial score (nSPS) is 32.0. The van der Waals surface area contributed by atoms with Crippen LogP contribution in [0.1, 0.15) is 38.5 Å². The van der Waals surface area contributed by atoms with Crippen LogP contribution in [0.15, 0.2) is 0 Å². The third kappa shape index (κ3) is 4.39. The molecule has 3 aliphatic rings. The van der Waals surface area contributed by atoms with Gasteiger partial charge in [-0.05, 0) is 58.2 Å². The molecular weight excluding hydrogens is 317 g/mol. The zero-order chi connectivity index (χ0) is 17.6. The highest BCUT2D eigenvalue weighted by molar-refractivity contribution is 6.50. The van der Waals surface area contributed by atoms with Crippen molar-refractivity contribution >= 4 is 7.12 Å². The van der Waals surface area contributed by atoms with E-state index in [2.05, 4.69) is 14.4 Å². The molecule has 0 amide bonds. The summed E-state index contributed by atoms with van der Waals surface area (Å²) < 4.78 is 16.7.